The van der Waals surface area contributed by atoms with Crippen LogP contribution in [0.5, 0.6) is 0 Å². The molecule has 0 spiro atoms. The van der Waals surface area contributed by atoms with Crippen LogP contribution in [0.1, 0.15) is 29.4 Å². The largest absolute Gasteiger partial charge is 0.478 e. The quantitative estimate of drug-likeness (QED) is 0.833. The van der Waals surface area contributed by atoms with Crippen LogP contribution in [0.2, 0.25) is 0 Å². The zero-order chi connectivity index (χ0) is 14.0. The Bertz CT molecular complexity index is 457. The minimum Gasteiger partial charge on any atom is -0.478 e. The van der Waals surface area contributed by atoms with Gasteiger partial charge in [-0.3, -0.25) is 4.68 Å². The molecule has 1 aliphatic rings. The van der Waals surface area contributed by atoms with Crippen molar-refractivity contribution in [2.75, 3.05) is 20.1 Å². The summed E-state index contributed by atoms with van der Waals surface area (Å²) < 4.78 is 1.63. The van der Waals surface area contributed by atoms with Crippen LogP contribution >= 0.6 is 0 Å². The fraction of sp³-hybridized carbons (Fsp3) is 0.692. The predicted molar refractivity (Wildman–Crippen MR) is 72.1 cm³/mol. The fourth-order valence-corrected chi connectivity index (χ4v) is 2.74. The number of aryl methyl sites for hydroxylation is 1. The number of nitrogens with one attached hydrogen (secondary N) is 1. The Kier molecular flexibility index (Phi) is 4.21. The molecule has 0 bridgehead atoms. The van der Waals surface area contributed by atoms with E-state index in [9.17, 15) is 4.79 Å². The summed E-state index contributed by atoms with van der Waals surface area (Å²) in [5.74, 6) is -0.346. The van der Waals surface area contributed by atoms with E-state index in [1.54, 1.807) is 11.7 Å². The van der Waals surface area contributed by atoms with Gasteiger partial charge in [0.15, 0.2) is 0 Å². The van der Waals surface area contributed by atoms with Gasteiger partial charge < -0.3 is 15.3 Å². The van der Waals surface area contributed by atoms with Gasteiger partial charge in [-0.1, -0.05) is 6.92 Å². The first-order valence-electron chi connectivity index (χ1n) is 6.65. The van der Waals surface area contributed by atoms with Crippen LogP contribution < -0.4 is 5.32 Å². The van der Waals surface area contributed by atoms with E-state index in [1.807, 2.05) is 0 Å². The standard InChI is InChI=1S/C13H22N4O2/c1-9-8-16(2)5-4-11(9)14-7-12-10(13(18)19)6-15-17(12)3/h6,9,11,14H,4-5,7-8H2,1-3H3,(H,18,19). The second kappa shape index (κ2) is 5.71. The average molecular weight is 266 g/mol. The Morgan fingerprint density at radius 3 is 2.95 bits per heavy atom. The number of piperidine rings is 1. The van der Waals surface area contributed by atoms with Gasteiger partial charge in [0, 0.05) is 26.2 Å². The molecule has 2 atom stereocenters. The molecule has 0 radical (unpaired) electrons. The summed E-state index contributed by atoms with van der Waals surface area (Å²) in [4.78, 5) is 13.4. The molecular formula is C13H22N4O2. The number of hydrogen-bond donors (Lipinski definition) is 2. The van der Waals surface area contributed by atoms with Crippen LogP contribution in [-0.2, 0) is 13.6 Å². The molecular weight excluding hydrogens is 244 g/mol. The van der Waals surface area contributed by atoms with Gasteiger partial charge in [0.1, 0.15) is 5.56 Å². The molecule has 2 heterocycles. The van der Waals surface area contributed by atoms with Gasteiger partial charge in [0.25, 0.3) is 0 Å². The molecule has 1 aromatic heterocycles. The highest BCUT2D eigenvalue weighted by Crippen LogP contribution is 2.16. The summed E-state index contributed by atoms with van der Waals surface area (Å²) in [6.45, 7) is 4.94. The van der Waals surface area contributed by atoms with Gasteiger partial charge in [-0.25, -0.2) is 4.79 Å². The Labute approximate surface area is 113 Å². The third kappa shape index (κ3) is 3.13. The third-order valence-corrected chi connectivity index (χ3v) is 3.93. The maximum absolute atomic E-state index is 11.1. The molecule has 2 N–H and O–H groups in total. The molecule has 1 aromatic rings. The Hall–Kier alpha value is -1.40. The molecule has 1 fully saturated rings. The first kappa shape index (κ1) is 14.0. The molecule has 106 valence electrons. The predicted octanol–water partition coefficient (Wildman–Crippen LogP) is 0.548. The first-order valence-corrected chi connectivity index (χ1v) is 6.65. The van der Waals surface area contributed by atoms with E-state index in [2.05, 4.69) is 29.3 Å². The van der Waals surface area contributed by atoms with Crippen LogP contribution in [-0.4, -0.2) is 51.9 Å². The summed E-state index contributed by atoms with van der Waals surface area (Å²) in [6, 6.07) is 0.438. The molecule has 2 rings (SSSR count). The van der Waals surface area contributed by atoms with Crippen molar-refractivity contribution in [3.63, 3.8) is 0 Å². The van der Waals surface area contributed by atoms with Crippen molar-refractivity contribution < 1.29 is 9.90 Å². The number of nitrogens with zero attached hydrogens (tertiary/aromatic N) is 3. The van der Waals surface area contributed by atoms with Gasteiger partial charge in [-0.15, -0.1) is 0 Å². The molecule has 1 aliphatic heterocycles. The minimum absolute atomic E-state index is 0.288. The lowest BCUT2D eigenvalue weighted by atomic mass is 9.94. The van der Waals surface area contributed by atoms with Crippen molar-refractivity contribution in [1.29, 1.82) is 0 Å². The van der Waals surface area contributed by atoms with Crippen LogP contribution in [0.25, 0.3) is 0 Å². The summed E-state index contributed by atoms with van der Waals surface area (Å²) in [5.41, 5.74) is 1.02. The van der Waals surface area contributed by atoms with E-state index >= 15 is 0 Å². The van der Waals surface area contributed by atoms with E-state index in [0.717, 1.165) is 25.2 Å². The summed E-state index contributed by atoms with van der Waals surface area (Å²) in [5, 5.41) is 16.6. The summed E-state index contributed by atoms with van der Waals surface area (Å²) in [6.07, 6.45) is 2.51. The monoisotopic (exact) mass is 266 g/mol. The smallest absolute Gasteiger partial charge is 0.339 e. The lowest BCUT2D eigenvalue weighted by Crippen LogP contribution is -2.46. The average Bonchev–Trinajstić information content (AvgIpc) is 2.70. The molecule has 1 saturated heterocycles. The van der Waals surface area contributed by atoms with Crippen molar-refractivity contribution in [3.05, 3.63) is 17.5 Å². The lowest BCUT2D eigenvalue weighted by Gasteiger charge is -2.35. The number of aromatic nitrogens is 2. The third-order valence-electron chi connectivity index (χ3n) is 3.93. The number of rotatable bonds is 4. The number of carboxylic acids is 1. The van der Waals surface area contributed by atoms with Crippen molar-refractivity contribution in [2.24, 2.45) is 13.0 Å². The fourth-order valence-electron chi connectivity index (χ4n) is 2.74. The van der Waals surface area contributed by atoms with E-state index in [-0.39, 0.29) is 5.56 Å². The summed E-state index contributed by atoms with van der Waals surface area (Å²) >= 11 is 0. The SMILES string of the molecule is CC1CN(C)CCC1NCc1c(C(=O)O)cnn1C. The van der Waals surface area contributed by atoms with Gasteiger partial charge in [0.2, 0.25) is 0 Å². The molecule has 19 heavy (non-hydrogen) atoms. The number of carbonyl (C=O) groups is 1. The summed E-state index contributed by atoms with van der Waals surface area (Å²) in [7, 11) is 3.91. The maximum Gasteiger partial charge on any atom is 0.339 e. The minimum atomic E-state index is -0.915. The van der Waals surface area contributed by atoms with Crippen molar-refractivity contribution >= 4 is 5.97 Å². The van der Waals surface area contributed by atoms with Crippen molar-refractivity contribution in [3.8, 4) is 0 Å². The highest BCUT2D eigenvalue weighted by Gasteiger charge is 2.24. The van der Waals surface area contributed by atoms with E-state index in [4.69, 9.17) is 5.11 Å². The first-order chi connectivity index (χ1) is 8.99. The second-order valence-corrected chi connectivity index (χ2v) is 5.45. The van der Waals surface area contributed by atoms with Gasteiger partial charge >= 0.3 is 5.97 Å². The maximum atomic E-state index is 11.1. The van der Waals surface area contributed by atoms with Crippen molar-refractivity contribution in [1.82, 2.24) is 20.0 Å². The van der Waals surface area contributed by atoms with Crippen LogP contribution in [0.15, 0.2) is 6.20 Å². The molecule has 0 saturated carbocycles. The normalized spacial score (nSPS) is 24.6. The van der Waals surface area contributed by atoms with Gasteiger partial charge in [-0.2, -0.15) is 5.10 Å². The molecule has 0 aromatic carbocycles. The van der Waals surface area contributed by atoms with E-state index in [1.165, 1.54) is 6.20 Å². The van der Waals surface area contributed by atoms with Gasteiger partial charge in [0.05, 0.1) is 11.9 Å². The highest BCUT2D eigenvalue weighted by atomic mass is 16.4. The molecule has 6 heteroatoms. The van der Waals surface area contributed by atoms with Crippen LogP contribution in [0.4, 0.5) is 0 Å². The van der Waals surface area contributed by atoms with E-state index in [0.29, 0.717) is 18.5 Å². The molecule has 0 aliphatic carbocycles. The van der Waals surface area contributed by atoms with Gasteiger partial charge in [-0.05, 0) is 25.9 Å². The topological polar surface area (TPSA) is 70.4 Å². The Morgan fingerprint density at radius 1 is 1.58 bits per heavy atom. The zero-order valence-electron chi connectivity index (χ0n) is 11.8. The molecule has 2 unspecified atom stereocenters. The lowest BCUT2D eigenvalue weighted by molar-refractivity contribution is 0.0695. The Morgan fingerprint density at radius 2 is 2.32 bits per heavy atom. The van der Waals surface area contributed by atoms with Crippen LogP contribution in [0, 0.1) is 5.92 Å². The number of carboxylic acid groups (broad SMARTS) is 1. The second-order valence-electron chi connectivity index (χ2n) is 5.45. The Balaban J connectivity index is 1.99. The number of likely N-dealkylation sites (tertiary alicyclic amines) is 1. The van der Waals surface area contributed by atoms with E-state index < -0.39 is 5.97 Å². The zero-order valence-corrected chi connectivity index (χ0v) is 11.8. The highest BCUT2D eigenvalue weighted by molar-refractivity contribution is 5.88. The number of hydrogen-bond acceptors (Lipinski definition) is 4. The molecule has 0 amide bonds. The van der Waals surface area contributed by atoms with Crippen LogP contribution in [0.3, 0.4) is 0 Å². The number of aromatic carboxylic acids is 1. The molecule has 6 nitrogen and oxygen atoms in total. The van der Waals surface area contributed by atoms with Crippen molar-refractivity contribution in [2.45, 2.75) is 25.9 Å².